The SMILES string of the molecule is Cn1cccc1CNc1ccc2ccccc2c1. The minimum Gasteiger partial charge on any atom is -0.379 e. The number of benzene rings is 2. The third-order valence-corrected chi connectivity index (χ3v) is 3.27. The number of hydrogen-bond acceptors (Lipinski definition) is 1. The molecule has 90 valence electrons. The van der Waals surface area contributed by atoms with Crippen molar-refractivity contribution < 1.29 is 0 Å². The lowest BCUT2D eigenvalue weighted by atomic mass is 10.1. The minimum absolute atomic E-state index is 0.849. The van der Waals surface area contributed by atoms with Crippen LogP contribution in [0.5, 0.6) is 0 Å². The van der Waals surface area contributed by atoms with Crippen molar-refractivity contribution in [3.63, 3.8) is 0 Å². The van der Waals surface area contributed by atoms with Crippen molar-refractivity contribution in [1.82, 2.24) is 4.57 Å². The molecule has 3 rings (SSSR count). The van der Waals surface area contributed by atoms with E-state index in [1.54, 1.807) is 0 Å². The van der Waals surface area contributed by atoms with Crippen molar-refractivity contribution in [3.05, 3.63) is 66.5 Å². The highest BCUT2D eigenvalue weighted by atomic mass is 15.0. The van der Waals surface area contributed by atoms with Gasteiger partial charge >= 0.3 is 0 Å². The lowest BCUT2D eigenvalue weighted by Gasteiger charge is -2.08. The fraction of sp³-hybridized carbons (Fsp3) is 0.125. The highest BCUT2D eigenvalue weighted by Gasteiger charge is 1.98. The molecule has 0 radical (unpaired) electrons. The van der Waals surface area contributed by atoms with Crippen molar-refractivity contribution in [2.24, 2.45) is 7.05 Å². The van der Waals surface area contributed by atoms with E-state index in [4.69, 9.17) is 0 Å². The van der Waals surface area contributed by atoms with Crippen molar-refractivity contribution >= 4 is 16.5 Å². The summed E-state index contributed by atoms with van der Waals surface area (Å²) in [6.45, 7) is 0.849. The minimum atomic E-state index is 0.849. The molecule has 2 nitrogen and oxygen atoms in total. The normalized spacial score (nSPS) is 10.7. The molecule has 18 heavy (non-hydrogen) atoms. The number of aromatic nitrogens is 1. The van der Waals surface area contributed by atoms with Gasteiger partial charge in [-0.1, -0.05) is 30.3 Å². The number of aryl methyl sites for hydroxylation is 1. The van der Waals surface area contributed by atoms with Gasteiger partial charge in [0.15, 0.2) is 0 Å². The first-order valence-electron chi connectivity index (χ1n) is 6.16. The van der Waals surface area contributed by atoms with E-state index in [1.807, 2.05) is 0 Å². The number of fused-ring (bicyclic) bond motifs is 1. The van der Waals surface area contributed by atoms with E-state index in [0.717, 1.165) is 12.2 Å². The molecule has 0 saturated heterocycles. The van der Waals surface area contributed by atoms with Gasteiger partial charge in [0.25, 0.3) is 0 Å². The monoisotopic (exact) mass is 236 g/mol. The predicted octanol–water partition coefficient (Wildman–Crippen LogP) is 3.79. The van der Waals surface area contributed by atoms with Crippen LogP contribution in [-0.2, 0) is 13.6 Å². The van der Waals surface area contributed by atoms with Crippen LogP contribution >= 0.6 is 0 Å². The molecule has 2 aromatic carbocycles. The Labute approximate surface area is 107 Å². The summed E-state index contributed by atoms with van der Waals surface area (Å²) in [6.07, 6.45) is 2.07. The second-order valence-electron chi connectivity index (χ2n) is 4.53. The quantitative estimate of drug-likeness (QED) is 0.732. The Morgan fingerprint density at radius 2 is 1.78 bits per heavy atom. The standard InChI is InChI=1S/C16H16N2/c1-18-10-4-7-16(18)12-17-15-9-8-13-5-2-3-6-14(13)11-15/h2-11,17H,12H2,1H3. The number of nitrogens with zero attached hydrogens (tertiary/aromatic N) is 1. The first-order valence-corrected chi connectivity index (χ1v) is 6.16. The molecule has 0 aliphatic rings. The highest BCUT2D eigenvalue weighted by molar-refractivity contribution is 5.85. The molecular formula is C16H16N2. The third kappa shape index (κ3) is 2.09. The average Bonchev–Trinajstić information content (AvgIpc) is 2.82. The van der Waals surface area contributed by atoms with Crippen molar-refractivity contribution in [1.29, 1.82) is 0 Å². The third-order valence-electron chi connectivity index (χ3n) is 3.27. The molecule has 0 atom stereocenters. The second kappa shape index (κ2) is 4.57. The molecule has 3 aromatic rings. The van der Waals surface area contributed by atoms with Gasteiger partial charge in [-0.15, -0.1) is 0 Å². The molecule has 0 aliphatic carbocycles. The molecule has 0 amide bonds. The Balaban J connectivity index is 1.81. The zero-order chi connectivity index (χ0) is 12.4. The summed E-state index contributed by atoms with van der Waals surface area (Å²) in [5.41, 5.74) is 2.44. The maximum absolute atomic E-state index is 3.46. The smallest absolute Gasteiger partial charge is 0.0553 e. The molecule has 0 aliphatic heterocycles. The number of anilines is 1. The van der Waals surface area contributed by atoms with Gasteiger partial charge in [-0.25, -0.2) is 0 Å². The molecular weight excluding hydrogens is 220 g/mol. The maximum atomic E-state index is 3.46. The van der Waals surface area contributed by atoms with E-state index in [2.05, 4.69) is 77.7 Å². The van der Waals surface area contributed by atoms with Crippen LogP contribution in [-0.4, -0.2) is 4.57 Å². The van der Waals surface area contributed by atoms with Gasteiger partial charge in [0.1, 0.15) is 0 Å². The van der Waals surface area contributed by atoms with Crippen LogP contribution in [0, 0.1) is 0 Å². The first kappa shape index (κ1) is 10.9. The van der Waals surface area contributed by atoms with E-state index >= 15 is 0 Å². The van der Waals surface area contributed by atoms with Crippen molar-refractivity contribution in [3.8, 4) is 0 Å². The van der Waals surface area contributed by atoms with Crippen LogP contribution in [0.4, 0.5) is 5.69 Å². The Morgan fingerprint density at radius 1 is 0.944 bits per heavy atom. The number of hydrogen-bond donors (Lipinski definition) is 1. The van der Waals surface area contributed by atoms with Crippen LogP contribution in [0.25, 0.3) is 10.8 Å². The molecule has 1 aromatic heterocycles. The topological polar surface area (TPSA) is 17.0 Å². The van der Waals surface area contributed by atoms with Gasteiger partial charge < -0.3 is 9.88 Å². The van der Waals surface area contributed by atoms with Gasteiger partial charge in [-0.2, -0.15) is 0 Å². The van der Waals surface area contributed by atoms with E-state index < -0.39 is 0 Å². The average molecular weight is 236 g/mol. The van der Waals surface area contributed by atoms with Gasteiger partial charge in [-0.05, 0) is 35.0 Å². The summed E-state index contributed by atoms with van der Waals surface area (Å²) in [5, 5.41) is 6.01. The number of nitrogens with one attached hydrogen (secondary N) is 1. The molecule has 0 bridgehead atoms. The summed E-state index contributed by atoms with van der Waals surface area (Å²) in [5.74, 6) is 0. The molecule has 0 fully saturated rings. The van der Waals surface area contributed by atoms with E-state index in [1.165, 1.54) is 16.5 Å². The Morgan fingerprint density at radius 3 is 2.56 bits per heavy atom. The largest absolute Gasteiger partial charge is 0.379 e. The van der Waals surface area contributed by atoms with Gasteiger partial charge in [0, 0.05) is 24.6 Å². The van der Waals surface area contributed by atoms with Crippen LogP contribution < -0.4 is 5.32 Å². The van der Waals surface area contributed by atoms with Gasteiger partial charge in [0.05, 0.1) is 6.54 Å². The molecule has 1 N–H and O–H groups in total. The second-order valence-corrected chi connectivity index (χ2v) is 4.53. The fourth-order valence-corrected chi connectivity index (χ4v) is 2.17. The molecule has 0 unspecified atom stereocenters. The van der Waals surface area contributed by atoms with Crippen LogP contribution in [0.2, 0.25) is 0 Å². The fourth-order valence-electron chi connectivity index (χ4n) is 2.17. The van der Waals surface area contributed by atoms with Crippen molar-refractivity contribution in [2.45, 2.75) is 6.54 Å². The lowest BCUT2D eigenvalue weighted by molar-refractivity contribution is 0.842. The van der Waals surface area contributed by atoms with E-state index in [-0.39, 0.29) is 0 Å². The summed E-state index contributed by atoms with van der Waals surface area (Å²) in [7, 11) is 2.07. The van der Waals surface area contributed by atoms with E-state index in [0.29, 0.717) is 0 Å². The van der Waals surface area contributed by atoms with Gasteiger partial charge in [-0.3, -0.25) is 0 Å². The Bertz CT molecular complexity index is 667. The summed E-state index contributed by atoms with van der Waals surface area (Å²) in [4.78, 5) is 0. The molecule has 1 heterocycles. The number of rotatable bonds is 3. The lowest BCUT2D eigenvalue weighted by Crippen LogP contribution is -2.03. The van der Waals surface area contributed by atoms with E-state index in [9.17, 15) is 0 Å². The molecule has 0 spiro atoms. The summed E-state index contributed by atoms with van der Waals surface area (Å²) in [6, 6.07) is 19.1. The first-order chi connectivity index (χ1) is 8.83. The zero-order valence-electron chi connectivity index (χ0n) is 10.4. The van der Waals surface area contributed by atoms with Crippen LogP contribution in [0.15, 0.2) is 60.8 Å². The van der Waals surface area contributed by atoms with Crippen molar-refractivity contribution in [2.75, 3.05) is 5.32 Å². The molecule has 2 heteroatoms. The van der Waals surface area contributed by atoms with Crippen LogP contribution in [0.1, 0.15) is 5.69 Å². The summed E-state index contributed by atoms with van der Waals surface area (Å²) < 4.78 is 2.13. The maximum Gasteiger partial charge on any atom is 0.0553 e. The highest BCUT2D eigenvalue weighted by Crippen LogP contribution is 2.19. The van der Waals surface area contributed by atoms with Crippen LogP contribution in [0.3, 0.4) is 0 Å². The Kier molecular flexibility index (Phi) is 2.77. The predicted molar refractivity (Wildman–Crippen MR) is 76.7 cm³/mol. The van der Waals surface area contributed by atoms with Gasteiger partial charge in [0.2, 0.25) is 0 Å². The summed E-state index contributed by atoms with van der Waals surface area (Å²) >= 11 is 0. The zero-order valence-corrected chi connectivity index (χ0v) is 10.4. The molecule has 0 saturated carbocycles. The Hall–Kier alpha value is -2.22.